The Balaban J connectivity index is 1.20. The number of aryl methyl sites for hydroxylation is 1. The van der Waals surface area contributed by atoms with Crippen molar-refractivity contribution in [1.29, 1.82) is 0 Å². The largest absolute Gasteiger partial charge is 0.462 e. The minimum atomic E-state index is 0.468. The molecule has 5 aliphatic rings. The van der Waals surface area contributed by atoms with Gasteiger partial charge in [0.15, 0.2) is 0 Å². The molecule has 0 spiro atoms. The van der Waals surface area contributed by atoms with Crippen LogP contribution in [0.4, 0.5) is 11.5 Å². The van der Waals surface area contributed by atoms with Crippen LogP contribution in [0.3, 0.4) is 0 Å². The van der Waals surface area contributed by atoms with E-state index < -0.39 is 0 Å². The molecule has 0 unspecified atom stereocenters. The summed E-state index contributed by atoms with van der Waals surface area (Å²) < 4.78 is 6.33. The molecule has 192 valence electrons. The van der Waals surface area contributed by atoms with Gasteiger partial charge in [0, 0.05) is 49.0 Å². The van der Waals surface area contributed by atoms with Crippen molar-refractivity contribution in [2.24, 2.45) is 0 Å². The van der Waals surface area contributed by atoms with E-state index in [0.29, 0.717) is 30.7 Å². The number of hydrogen-bond donors (Lipinski definition) is 1. The molecule has 1 aromatic heterocycles. The van der Waals surface area contributed by atoms with Crippen molar-refractivity contribution in [3.63, 3.8) is 0 Å². The van der Waals surface area contributed by atoms with Crippen LogP contribution in [-0.4, -0.2) is 72.8 Å². The second-order valence-electron chi connectivity index (χ2n) is 11.7. The highest BCUT2D eigenvalue weighted by atomic mass is 16.5. The average molecular weight is 489 g/mol. The van der Waals surface area contributed by atoms with Gasteiger partial charge in [-0.25, -0.2) is 0 Å². The van der Waals surface area contributed by atoms with Gasteiger partial charge < -0.3 is 24.8 Å². The normalized spacial score (nSPS) is 27.8. The van der Waals surface area contributed by atoms with Crippen molar-refractivity contribution in [1.82, 2.24) is 20.2 Å². The first-order chi connectivity index (χ1) is 17.7. The standard InChI is InChI=1S/C29H40N6O/c1-33-14-5-8-23(33)19-36-29-31-26-18-34(27-10-4-7-20-6-2-3-9-24(20)27)15-13-25(26)28(32-29)35-16-21-11-12-22(17-35)30-21/h4,7,10,21-23,30H,2-3,5-6,8-9,11-19H2,1H3/t21-,22+,23-/m0/s1. The van der Waals surface area contributed by atoms with Crippen LogP contribution < -0.4 is 19.9 Å². The number of rotatable bonds is 5. The van der Waals surface area contributed by atoms with Crippen molar-refractivity contribution in [3.8, 4) is 6.01 Å². The van der Waals surface area contributed by atoms with E-state index in [1.165, 1.54) is 68.3 Å². The number of nitrogens with zero attached hydrogens (tertiary/aromatic N) is 5. The lowest BCUT2D eigenvalue weighted by atomic mass is 9.89. The van der Waals surface area contributed by atoms with Crippen LogP contribution in [0.5, 0.6) is 6.01 Å². The van der Waals surface area contributed by atoms with Gasteiger partial charge in [-0.2, -0.15) is 9.97 Å². The molecule has 2 bridgehead atoms. The van der Waals surface area contributed by atoms with Gasteiger partial charge in [-0.1, -0.05) is 12.1 Å². The fourth-order valence-corrected chi connectivity index (χ4v) is 7.31. The fraction of sp³-hybridized carbons (Fsp3) is 0.655. The summed E-state index contributed by atoms with van der Waals surface area (Å²) >= 11 is 0. The molecule has 3 fully saturated rings. The van der Waals surface area contributed by atoms with Gasteiger partial charge in [0.05, 0.1) is 12.2 Å². The van der Waals surface area contributed by atoms with E-state index in [1.807, 2.05) is 0 Å². The summed E-state index contributed by atoms with van der Waals surface area (Å²) in [5.74, 6) is 1.14. The number of ether oxygens (including phenoxy) is 1. The van der Waals surface area contributed by atoms with Crippen LogP contribution in [-0.2, 0) is 25.8 Å². The summed E-state index contributed by atoms with van der Waals surface area (Å²) in [5.41, 5.74) is 7.06. The SMILES string of the molecule is CN1CCC[C@H]1COc1nc2c(c(N3C[C@H]4CC[C@@H](C3)N4)n1)CCN(c1cccc3c1CCCC3)C2. The van der Waals surface area contributed by atoms with Crippen LogP contribution in [0.25, 0.3) is 0 Å². The Morgan fingerprint density at radius 2 is 1.78 bits per heavy atom. The van der Waals surface area contributed by atoms with E-state index in [-0.39, 0.29) is 0 Å². The monoisotopic (exact) mass is 488 g/mol. The second kappa shape index (κ2) is 9.49. The Morgan fingerprint density at radius 3 is 2.61 bits per heavy atom. The highest BCUT2D eigenvalue weighted by molar-refractivity contribution is 5.61. The highest BCUT2D eigenvalue weighted by Gasteiger charge is 2.35. The van der Waals surface area contributed by atoms with Crippen molar-refractivity contribution in [3.05, 3.63) is 40.6 Å². The molecule has 7 heteroatoms. The van der Waals surface area contributed by atoms with E-state index in [9.17, 15) is 0 Å². The van der Waals surface area contributed by atoms with Gasteiger partial charge in [0.25, 0.3) is 0 Å². The molecule has 1 N–H and O–H groups in total. The molecule has 4 aliphatic heterocycles. The van der Waals surface area contributed by atoms with Crippen LogP contribution in [0, 0.1) is 0 Å². The summed E-state index contributed by atoms with van der Waals surface area (Å²) in [6.45, 7) is 5.80. The number of fused-ring (bicyclic) bond motifs is 4. The Morgan fingerprint density at radius 1 is 0.917 bits per heavy atom. The molecule has 3 atom stereocenters. The Hall–Kier alpha value is -2.38. The maximum Gasteiger partial charge on any atom is 0.318 e. The minimum Gasteiger partial charge on any atom is -0.462 e. The van der Waals surface area contributed by atoms with E-state index in [4.69, 9.17) is 14.7 Å². The summed E-state index contributed by atoms with van der Waals surface area (Å²) in [6, 6.07) is 9.13. The topological polar surface area (TPSA) is 56.8 Å². The molecular weight excluding hydrogens is 448 g/mol. The number of hydrogen-bond acceptors (Lipinski definition) is 7. The number of benzene rings is 1. The Kier molecular flexibility index (Phi) is 6.01. The number of aromatic nitrogens is 2. The van der Waals surface area contributed by atoms with E-state index in [2.05, 4.69) is 45.3 Å². The minimum absolute atomic E-state index is 0.468. The van der Waals surface area contributed by atoms with Crippen molar-refractivity contribution in [2.75, 3.05) is 49.6 Å². The third kappa shape index (κ3) is 4.24. The lowest BCUT2D eigenvalue weighted by Crippen LogP contribution is -2.52. The molecule has 0 amide bonds. The van der Waals surface area contributed by atoms with Crippen LogP contribution in [0.2, 0.25) is 0 Å². The van der Waals surface area contributed by atoms with Gasteiger partial charge in [-0.3, -0.25) is 0 Å². The molecule has 36 heavy (non-hydrogen) atoms. The molecule has 7 nitrogen and oxygen atoms in total. The molecular formula is C29H40N6O. The van der Waals surface area contributed by atoms with Gasteiger partial charge >= 0.3 is 6.01 Å². The van der Waals surface area contributed by atoms with Gasteiger partial charge in [0.1, 0.15) is 12.4 Å². The first kappa shape index (κ1) is 22.8. The number of likely N-dealkylation sites (N-methyl/N-ethyl adjacent to an activating group) is 1. The van der Waals surface area contributed by atoms with Gasteiger partial charge in [-0.15, -0.1) is 0 Å². The number of piperazine rings is 1. The van der Waals surface area contributed by atoms with Gasteiger partial charge in [0.2, 0.25) is 0 Å². The Labute approximate surface area is 215 Å². The molecule has 0 radical (unpaired) electrons. The number of nitrogens with one attached hydrogen (secondary N) is 1. The predicted octanol–water partition coefficient (Wildman–Crippen LogP) is 3.33. The van der Waals surface area contributed by atoms with Gasteiger partial charge in [-0.05, 0) is 88.6 Å². The summed E-state index contributed by atoms with van der Waals surface area (Å²) in [7, 11) is 2.20. The molecule has 0 saturated carbocycles. The Bertz CT molecular complexity index is 1110. The maximum absolute atomic E-state index is 6.33. The first-order valence-corrected chi connectivity index (χ1v) is 14.3. The van der Waals surface area contributed by atoms with E-state index in [1.54, 1.807) is 11.1 Å². The molecule has 1 aliphatic carbocycles. The molecule has 7 rings (SSSR count). The van der Waals surface area contributed by atoms with Crippen LogP contribution in [0.15, 0.2) is 18.2 Å². The third-order valence-electron chi connectivity index (χ3n) is 9.33. The summed E-state index contributed by atoms with van der Waals surface area (Å²) in [6.07, 6.45) is 11.1. The summed E-state index contributed by atoms with van der Waals surface area (Å²) in [5, 5.41) is 3.78. The molecule has 2 aromatic rings. The zero-order valence-corrected chi connectivity index (χ0v) is 21.7. The number of anilines is 2. The van der Waals surface area contributed by atoms with Crippen molar-refractivity contribution < 1.29 is 4.74 Å². The van der Waals surface area contributed by atoms with E-state index >= 15 is 0 Å². The van der Waals surface area contributed by atoms with Crippen LogP contribution >= 0.6 is 0 Å². The number of likely N-dealkylation sites (tertiary alicyclic amines) is 1. The molecule has 3 saturated heterocycles. The van der Waals surface area contributed by atoms with Crippen LogP contribution in [0.1, 0.15) is 60.9 Å². The first-order valence-electron chi connectivity index (χ1n) is 14.3. The average Bonchev–Trinajstić information content (AvgIpc) is 3.49. The third-order valence-corrected chi connectivity index (χ3v) is 9.33. The second-order valence-corrected chi connectivity index (χ2v) is 11.7. The maximum atomic E-state index is 6.33. The lowest BCUT2D eigenvalue weighted by Gasteiger charge is -2.38. The van der Waals surface area contributed by atoms with Crippen molar-refractivity contribution in [2.45, 2.75) is 82.5 Å². The quantitative estimate of drug-likeness (QED) is 0.693. The predicted molar refractivity (Wildman–Crippen MR) is 143 cm³/mol. The molecule has 5 heterocycles. The fourth-order valence-electron chi connectivity index (χ4n) is 7.31. The summed E-state index contributed by atoms with van der Waals surface area (Å²) in [4.78, 5) is 17.7. The van der Waals surface area contributed by atoms with Crippen molar-refractivity contribution >= 4 is 11.5 Å². The molecule has 1 aromatic carbocycles. The smallest absolute Gasteiger partial charge is 0.318 e. The zero-order valence-electron chi connectivity index (χ0n) is 21.7. The highest BCUT2D eigenvalue weighted by Crippen LogP contribution is 2.36. The zero-order chi connectivity index (χ0) is 24.1. The van der Waals surface area contributed by atoms with E-state index in [0.717, 1.165) is 45.0 Å². The lowest BCUT2D eigenvalue weighted by molar-refractivity contribution is 0.187.